The van der Waals surface area contributed by atoms with E-state index >= 15 is 0 Å². The van der Waals surface area contributed by atoms with Gasteiger partial charge in [-0.25, -0.2) is 4.79 Å². The number of aryl methyl sites for hydroxylation is 1. The fraction of sp³-hybridized carbons (Fsp3) is 0.500. The van der Waals surface area contributed by atoms with Crippen LogP contribution >= 0.6 is 11.3 Å². The van der Waals surface area contributed by atoms with E-state index in [1.165, 1.54) is 43.4 Å². The zero-order valence-electron chi connectivity index (χ0n) is 14.9. The lowest BCUT2D eigenvalue weighted by atomic mass is 10.1. The number of benzene rings is 1. The lowest BCUT2D eigenvalue weighted by Crippen LogP contribution is -2.19. The molecule has 6 nitrogen and oxygen atoms in total. The monoisotopic (exact) mass is 362 g/mol. The molecule has 2 rings (SSSR count). The van der Waals surface area contributed by atoms with Crippen LogP contribution in [0.1, 0.15) is 50.5 Å². The third-order valence-corrected chi connectivity index (χ3v) is 4.66. The number of rotatable bonds is 10. The van der Waals surface area contributed by atoms with E-state index in [0.29, 0.717) is 16.6 Å². The first-order valence-corrected chi connectivity index (χ1v) is 9.57. The summed E-state index contributed by atoms with van der Waals surface area (Å²) in [6.45, 7) is 2.22. The molecule has 0 spiro atoms. The molecule has 1 aromatic heterocycles. The van der Waals surface area contributed by atoms with E-state index in [1.54, 1.807) is 19.2 Å². The molecule has 136 valence electrons. The molecule has 0 fully saturated rings. The summed E-state index contributed by atoms with van der Waals surface area (Å²) in [5, 5.41) is 15.1. The van der Waals surface area contributed by atoms with Crippen molar-refractivity contribution in [1.82, 2.24) is 10.2 Å². The maximum absolute atomic E-state index is 12.0. The molecule has 2 amide bonds. The van der Waals surface area contributed by atoms with Crippen molar-refractivity contribution >= 4 is 28.2 Å². The minimum Gasteiger partial charge on any atom is -0.497 e. The Bertz CT molecular complexity index is 660. The highest BCUT2D eigenvalue weighted by molar-refractivity contribution is 7.15. The van der Waals surface area contributed by atoms with Gasteiger partial charge in [0.2, 0.25) is 5.13 Å². The molecule has 0 radical (unpaired) electrons. The number of ether oxygens (including phenoxy) is 1. The van der Waals surface area contributed by atoms with Crippen LogP contribution in [-0.4, -0.2) is 23.3 Å². The third kappa shape index (κ3) is 7.09. The molecule has 1 heterocycles. The number of anilines is 2. The fourth-order valence-electron chi connectivity index (χ4n) is 2.42. The molecule has 0 saturated heterocycles. The molecule has 0 aliphatic carbocycles. The predicted octanol–water partition coefficient (Wildman–Crippen LogP) is 5.09. The van der Waals surface area contributed by atoms with Crippen molar-refractivity contribution in [3.05, 3.63) is 29.3 Å². The Labute approximate surface area is 153 Å². The summed E-state index contributed by atoms with van der Waals surface area (Å²) in [4.78, 5) is 12.0. The largest absolute Gasteiger partial charge is 0.497 e. The van der Waals surface area contributed by atoms with E-state index in [2.05, 4.69) is 27.8 Å². The SMILES string of the molecule is CCCCCCCCc1nnc(NC(=O)Nc2cccc(OC)c2)s1. The highest BCUT2D eigenvalue weighted by Gasteiger charge is 2.08. The van der Waals surface area contributed by atoms with Gasteiger partial charge in [0.05, 0.1) is 7.11 Å². The van der Waals surface area contributed by atoms with Crippen LogP contribution in [0.2, 0.25) is 0 Å². The first kappa shape index (κ1) is 19.2. The van der Waals surface area contributed by atoms with Gasteiger partial charge < -0.3 is 10.1 Å². The van der Waals surface area contributed by atoms with Crippen molar-refractivity contribution in [1.29, 1.82) is 0 Å². The Morgan fingerprint density at radius 3 is 2.72 bits per heavy atom. The second-order valence-corrected chi connectivity index (χ2v) is 6.89. The number of nitrogens with one attached hydrogen (secondary N) is 2. The average molecular weight is 362 g/mol. The third-order valence-electron chi connectivity index (χ3n) is 3.76. The molecule has 0 atom stereocenters. The summed E-state index contributed by atoms with van der Waals surface area (Å²) < 4.78 is 5.13. The Morgan fingerprint density at radius 1 is 1.12 bits per heavy atom. The van der Waals surface area contributed by atoms with Crippen molar-refractivity contribution in [3.63, 3.8) is 0 Å². The van der Waals surface area contributed by atoms with Gasteiger partial charge in [0.15, 0.2) is 0 Å². The van der Waals surface area contributed by atoms with Crippen LogP contribution in [0, 0.1) is 0 Å². The van der Waals surface area contributed by atoms with Crippen LogP contribution < -0.4 is 15.4 Å². The second-order valence-electron chi connectivity index (χ2n) is 5.83. The zero-order chi connectivity index (χ0) is 17.9. The molecule has 25 heavy (non-hydrogen) atoms. The number of hydrogen-bond acceptors (Lipinski definition) is 5. The standard InChI is InChI=1S/C18H26N4O2S/c1-3-4-5-6-7-8-12-16-21-22-18(25-16)20-17(23)19-14-10-9-11-15(13-14)24-2/h9-11,13H,3-8,12H2,1-2H3,(H2,19,20,22,23). The summed E-state index contributed by atoms with van der Waals surface area (Å²) in [6, 6.07) is 6.85. The van der Waals surface area contributed by atoms with E-state index in [-0.39, 0.29) is 6.03 Å². The van der Waals surface area contributed by atoms with Crippen LogP contribution in [0.5, 0.6) is 5.75 Å². The number of unbranched alkanes of at least 4 members (excludes halogenated alkanes) is 5. The number of methoxy groups -OCH3 is 1. The number of aromatic nitrogens is 2. The van der Waals surface area contributed by atoms with Gasteiger partial charge in [-0.2, -0.15) is 0 Å². The number of nitrogens with zero attached hydrogens (tertiary/aromatic N) is 2. The smallest absolute Gasteiger partial charge is 0.325 e. The molecule has 0 aliphatic rings. The lowest BCUT2D eigenvalue weighted by molar-refractivity contribution is 0.262. The van der Waals surface area contributed by atoms with Crippen molar-refractivity contribution in [2.45, 2.75) is 51.9 Å². The number of carbonyl (C=O) groups excluding carboxylic acids is 1. The number of amides is 2. The summed E-state index contributed by atoms with van der Waals surface area (Å²) in [7, 11) is 1.59. The Kier molecular flexibility index (Phi) is 8.18. The Balaban J connectivity index is 1.73. The normalized spacial score (nSPS) is 10.5. The summed E-state index contributed by atoms with van der Waals surface area (Å²) >= 11 is 1.43. The Hall–Kier alpha value is -2.15. The van der Waals surface area contributed by atoms with Gasteiger partial charge in [-0.1, -0.05) is 56.4 Å². The van der Waals surface area contributed by atoms with Crippen LogP contribution in [-0.2, 0) is 6.42 Å². The van der Waals surface area contributed by atoms with Gasteiger partial charge in [0.25, 0.3) is 0 Å². The van der Waals surface area contributed by atoms with Crippen molar-refractivity contribution in [2.24, 2.45) is 0 Å². The fourth-order valence-corrected chi connectivity index (χ4v) is 3.20. The lowest BCUT2D eigenvalue weighted by Gasteiger charge is -2.06. The van der Waals surface area contributed by atoms with Crippen molar-refractivity contribution < 1.29 is 9.53 Å². The average Bonchev–Trinajstić information content (AvgIpc) is 3.05. The second kappa shape index (κ2) is 10.7. The summed E-state index contributed by atoms with van der Waals surface area (Å²) in [6.07, 6.45) is 8.43. The van der Waals surface area contributed by atoms with E-state index in [4.69, 9.17) is 4.74 Å². The van der Waals surface area contributed by atoms with Gasteiger partial charge in [0.1, 0.15) is 10.8 Å². The van der Waals surface area contributed by atoms with Crippen LogP contribution in [0.15, 0.2) is 24.3 Å². The van der Waals surface area contributed by atoms with Crippen molar-refractivity contribution in [3.8, 4) is 5.75 Å². The summed E-state index contributed by atoms with van der Waals surface area (Å²) in [5.74, 6) is 0.690. The molecule has 2 aromatic rings. The Morgan fingerprint density at radius 2 is 1.92 bits per heavy atom. The molecular formula is C18H26N4O2S. The number of carbonyl (C=O) groups is 1. The van der Waals surface area contributed by atoms with Gasteiger partial charge in [-0.3, -0.25) is 5.32 Å². The molecule has 0 aliphatic heterocycles. The van der Waals surface area contributed by atoms with Gasteiger partial charge in [-0.05, 0) is 18.6 Å². The quantitative estimate of drug-likeness (QED) is 0.577. The molecule has 1 aromatic carbocycles. The van der Waals surface area contributed by atoms with Gasteiger partial charge in [-0.15, -0.1) is 10.2 Å². The molecule has 0 unspecified atom stereocenters. The number of urea groups is 1. The predicted molar refractivity (Wildman–Crippen MR) is 103 cm³/mol. The topological polar surface area (TPSA) is 76.1 Å². The zero-order valence-corrected chi connectivity index (χ0v) is 15.7. The maximum Gasteiger partial charge on any atom is 0.325 e. The molecule has 0 bridgehead atoms. The van der Waals surface area contributed by atoms with E-state index in [0.717, 1.165) is 17.8 Å². The van der Waals surface area contributed by atoms with E-state index in [1.807, 2.05) is 12.1 Å². The van der Waals surface area contributed by atoms with Crippen LogP contribution in [0.25, 0.3) is 0 Å². The highest BCUT2D eigenvalue weighted by Crippen LogP contribution is 2.20. The first-order valence-electron chi connectivity index (χ1n) is 8.75. The highest BCUT2D eigenvalue weighted by atomic mass is 32.1. The maximum atomic E-state index is 12.0. The number of hydrogen-bond donors (Lipinski definition) is 2. The molecule has 0 saturated carbocycles. The molecule has 2 N–H and O–H groups in total. The van der Waals surface area contributed by atoms with Gasteiger partial charge >= 0.3 is 6.03 Å². The molecular weight excluding hydrogens is 336 g/mol. The van der Waals surface area contributed by atoms with E-state index in [9.17, 15) is 4.79 Å². The van der Waals surface area contributed by atoms with E-state index < -0.39 is 0 Å². The van der Waals surface area contributed by atoms with Crippen molar-refractivity contribution in [2.75, 3.05) is 17.7 Å². The minimum absolute atomic E-state index is 0.337. The summed E-state index contributed by atoms with van der Waals surface area (Å²) in [5.41, 5.74) is 0.661. The van der Waals surface area contributed by atoms with Crippen LogP contribution in [0.4, 0.5) is 15.6 Å². The van der Waals surface area contributed by atoms with Gasteiger partial charge in [0, 0.05) is 18.2 Å². The first-order chi connectivity index (χ1) is 12.2. The minimum atomic E-state index is -0.337. The van der Waals surface area contributed by atoms with Crippen LogP contribution in [0.3, 0.4) is 0 Å². The molecule has 7 heteroatoms.